The van der Waals surface area contributed by atoms with Crippen LogP contribution in [0.5, 0.6) is 0 Å². The Kier molecular flexibility index (Phi) is 6.34. The largest absolute Gasteiger partial charge is 0.397 e. The molecule has 0 saturated heterocycles. The fourth-order valence-electron chi connectivity index (χ4n) is 4.26. The van der Waals surface area contributed by atoms with Gasteiger partial charge in [0.15, 0.2) is 11.6 Å². The Morgan fingerprint density at radius 3 is 1.78 bits per heavy atom. The summed E-state index contributed by atoms with van der Waals surface area (Å²) >= 11 is 0. The maximum atomic E-state index is 13.5. The summed E-state index contributed by atoms with van der Waals surface area (Å²) in [6, 6.07) is 10.0. The SMILES string of the molecule is Nc1nc(N)nc(Nc2ccc(Nc3cc(S(=O)(=O)O)c(N)c4c3C(=O)c3ccccc3C4=O)cc2S(=O)(=O)O)n1. The second kappa shape index (κ2) is 9.48. The Hall–Kier alpha value is -5.17. The summed E-state index contributed by atoms with van der Waals surface area (Å²) < 4.78 is 68.4. The fraction of sp³-hybridized carbons (Fsp3) is 0. The molecule has 3 aromatic carbocycles. The van der Waals surface area contributed by atoms with Crippen molar-refractivity contribution in [2.75, 3.05) is 27.8 Å². The van der Waals surface area contributed by atoms with Crippen LogP contribution in [0.25, 0.3) is 0 Å². The number of nitrogens with two attached hydrogens (primary N) is 3. The van der Waals surface area contributed by atoms with Gasteiger partial charge in [-0.3, -0.25) is 18.7 Å². The van der Waals surface area contributed by atoms with E-state index in [0.29, 0.717) is 0 Å². The van der Waals surface area contributed by atoms with Gasteiger partial charge in [0.2, 0.25) is 17.8 Å². The first kappa shape index (κ1) is 27.4. The molecule has 5 rings (SSSR count). The van der Waals surface area contributed by atoms with Crippen molar-refractivity contribution in [2.45, 2.75) is 9.79 Å². The molecule has 10 N–H and O–H groups in total. The number of hydrogen-bond donors (Lipinski definition) is 7. The van der Waals surface area contributed by atoms with Crippen LogP contribution in [0.1, 0.15) is 31.8 Å². The van der Waals surface area contributed by atoms with Gasteiger partial charge in [0.05, 0.1) is 28.2 Å². The van der Waals surface area contributed by atoms with Crippen LogP contribution >= 0.6 is 0 Å². The molecule has 0 fully saturated rings. The molecule has 4 aromatic rings. The van der Waals surface area contributed by atoms with Crippen molar-refractivity contribution in [3.8, 4) is 0 Å². The molecular formula is C23H18N8O8S2. The Bertz CT molecular complexity index is 2010. The molecule has 1 aromatic heterocycles. The standard InChI is InChI=1S/C23H18N8O8S2/c24-18-15(41(37,38)39)8-13(16-17(18)20(33)11-4-2-1-3-10(11)19(16)32)27-9-5-6-12(14(7-9)40(34,35)36)28-23-30-21(25)29-22(26)31-23/h1-8,27H,24H2,(H,34,35,36)(H,37,38,39)(H5,25,26,28,29,30,31). The summed E-state index contributed by atoms with van der Waals surface area (Å²) in [6.07, 6.45) is 0. The van der Waals surface area contributed by atoms with E-state index in [1.165, 1.54) is 36.4 Å². The van der Waals surface area contributed by atoms with E-state index in [1.54, 1.807) is 0 Å². The Morgan fingerprint density at radius 1 is 0.659 bits per heavy atom. The molecule has 41 heavy (non-hydrogen) atoms. The summed E-state index contributed by atoms with van der Waals surface area (Å²) in [5.41, 5.74) is 15.0. The molecule has 1 heterocycles. The van der Waals surface area contributed by atoms with E-state index >= 15 is 0 Å². The van der Waals surface area contributed by atoms with Gasteiger partial charge in [0.25, 0.3) is 20.2 Å². The van der Waals surface area contributed by atoms with Gasteiger partial charge in [-0.25, -0.2) is 0 Å². The number of rotatable bonds is 6. The molecule has 0 bridgehead atoms. The number of nitrogens with zero attached hydrogens (tertiary/aromatic N) is 3. The lowest BCUT2D eigenvalue weighted by Crippen LogP contribution is -2.25. The van der Waals surface area contributed by atoms with Crippen LogP contribution < -0.4 is 27.8 Å². The Labute approximate surface area is 231 Å². The zero-order valence-corrected chi connectivity index (χ0v) is 22.0. The molecule has 0 amide bonds. The lowest BCUT2D eigenvalue weighted by molar-refractivity contribution is 0.0980. The van der Waals surface area contributed by atoms with E-state index in [0.717, 1.165) is 12.1 Å². The van der Waals surface area contributed by atoms with Crippen LogP contribution in [0.4, 0.5) is 40.6 Å². The van der Waals surface area contributed by atoms with Crippen molar-refractivity contribution in [3.63, 3.8) is 0 Å². The monoisotopic (exact) mass is 598 g/mol. The van der Waals surface area contributed by atoms with E-state index in [2.05, 4.69) is 25.6 Å². The normalized spacial score (nSPS) is 12.9. The molecule has 0 unspecified atom stereocenters. The number of benzene rings is 3. The molecule has 1 aliphatic rings. The van der Waals surface area contributed by atoms with Gasteiger partial charge in [0, 0.05) is 16.8 Å². The van der Waals surface area contributed by atoms with Crippen molar-refractivity contribution >= 4 is 72.4 Å². The smallest absolute Gasteiger partial charge is 0.296 e. The summed E-state index contributed by atoms with van der Waals surface area (Å²) in [4.78, 5) is 36.4. The number of anilines is 7. The molecule has 0 atom stereocenters. The highest BCUT2D eigenvalue weighted by atomic mass is 32.2. The van der Waals surface area contributed by atoms with E-state index in [-0.39, 0.29) is 51.6 Å². The number of aromatic nitrogens is 3. The number of hydrogen-bond acceptors (Lipinski definition) is 14. The summed E-state index contributed by atoms with van der Waals surface area (Å²) in [5.74, 6) is -2.24. The minimum absolute atomic E-state index is 0.0149. The van der Waals surface area contributed by atoms with E-state index < -0.39 is 52.8 Å². The lowest BCUT2D eigenvalue weighted by atomic mass is 9.82. The number of nitrogen functional groups attached to an aromatic ring is 3. The highest BCUT2D eigenvalue weighted by Gasteiger charge is 2.36. The van der Waals surface area contributed by atoms with Crippen LogP contribution in [0.15, 0.2) is 58.3 Å². The molecule has 210 valence electrons. The number of carbonyl (C=O) groups is 2. The maximum absolute atomic E-state index is 13.5. The topological polar surface area (TPSA) is 284 Å². The van der Waals surface area contributed by atoms with Crippen LogP contribution in [-0.2, 0) is 20.2 Å². The van der Waals surface area contributed by atoms with Crippen LogP contribution in [0, 0.1) is 0 Å². The first-order valence-corrected chi connectivity index (χ1v) is 14.1. The zero-order chi connectivity index (χ0) is 29.9. The van der Waals surface area contributed by atoms with Crippen molar-refractivity contribution in [1.29, 1.82) is 0 Å². The highest BCUT2D eigenvalue weighted by molar-refractivity contribution is 7.86. The lowest BCUT2D eigenvalue weighted by Gasteiger charge is -2.24. The molecule has 1 aliphatic carbocycles. The van der Waals surface area contributed by atoms with E-state index in [9.17, 15) is 35.5 Å². The second-order valence-corrected chi connectivity index (χ2v) is 11.4. The molecule has 0 aliphatic heterocycles. The minimum atomic E-state index is -4.99. The quantitative estimate of drug-likeness (QED) is 0.107. The summed E-state index contributed by atoms with van der Waals surface area (Å²) in [7, 11) is -9.91. The average Bonchev–Trinajstić information content (AvgIpc) is 2.87. The van der Waals surface area contributed by atoms with Crippen LogP contribution in [0.3, 0.4) is 0 Å². The average molecular weight is 599 g/mol. The fourth-order valence-corrected chi connectivity index (χ4v) is 5.58. The number of fused-ring (bicyclic) bond motifs is 2. The van der Waals surface area contributed by atoms with Crippen molar-refractivity contribution in [2.24, 2.45) is 0 Å². The molecule has 0 radical (unpaired) electrons. The third-order valence-corrected chi connectivity index (χ3v) is 7.72. The van der Waals surface area contributed by atoms with Crippen LogP contribution in [0.2, 0.25) is 0 Å². The van der Waals surface area contributed by atoms with Gasteiger partial charge in [-0.15, -0.1) is 0 Å². The van der Waals surface area contributed by atoms with E-state index in [4.69, 9.17) is 17.2 Å². The highest BCUT2D eigenvalue weighted by Crippen LogP contribution is 2.40. The van der Waals surface area contributed by atoms with Gasteiger partial charge >= 0.3 is 0 Å². The molecule has 0 spiro atoms. The Balaban J connectivity index is 1.67. The zero-order valence-electron chi connectivity index (χ0n) is 20.4. The summed E-state index contributed by atoms with van der Waals surface area (Å²) in [6.45, 7) is 0. The minimum Gasteiger partial charge on any atom is -0.397 e. The predicted octanol–water partition coefficient (Wildman–Crippen LogP) is 1.37. The van der Waals surface area contributed by atoms with Gasteiger partial charge in [0.1, 0.15) is 9.79 Å². The van der Waals surface area contributed by atoms with Crippen molar-refractivity contribution in [1.82, 2.24) is 15.0 Å². The predicted molar refractivity (Wildman–Crippen MR) is 145 cm³/mol. The third-order valence-electron chi connectivity index (χ3n) is 5.93. The van der Waals surface area contributed by atoms with E-state index in [1.807, 2.05) is 0 Å². The van der Waals surface area contributed by atoms with Crippen molar-refractivity contribution < 1.29 is 35.5 Å². The molecular weight excluding hydrogens is 580 g/mol. The Morgan fingerprint density at radius 2 is 1.22 bits per heavy atom. The second-order valence-electron chi connectivity index (χ2n) is 8.58. The van der Waals surface area contributed by atoms with Crippen molar-refractivity contribution in [3.05, 3.63) is 70.8 Å². The summed E-state index contributed by atoms with van der Waals surface area (Å²) in [5, 5.41) is 5.23. The van der Waals surface area contributed by atoms with Gasteiger partial charge in [-0.2, -0.15) is 31.8 Å². The van der Waals surface area contributed by atoms with Crippen LogP contribution in [-0.4, -0.2) is 52.5 Å². The third kappa shape index (κ3) is 4.98. The van der Waals surface area contributed by atoms with Gasteiger partial charge < -0.3 is 27.8 Å². The molecule has 16 nitrogen and oxygen atoms in total. The van der Waals surface area contributed by atoms with Gasteiger partial charge in [-0.1, -0.05) is 24.3 Å². The molecule has 0 saturated carbocycles. The number of carbonyl (C=O) groups excluding carboxylic acids is 2. The first-order chi connectivity index (χ1) is 19.1. The van der Waals surface area contributed by atoms with Gasteiger partial charge in [-0.05, 0) is 24.3 Å². The maximum Gasteiger partial charge on any atom is 0.296 e. The molecule has 18 heteroatoms. The number of nitrogens with one attached hydrogen (secondary N) is 2. The first-order valence-electron chi connectivity index (χ1n) is 11.2. The number of ketones is 2.